The number of halogens is 2. The van der Waals surface area contributed by atoms with Crippen LogP contribution in [0.25, 0.3) is 0 Å². The second-order valence-electron chi connectivity index (χ2n) is 4.58. The number of hydrogen-bond acceptors (Lipinski definition) is 4. The van der Waals surface area contributed by atoms with Gasteiger partial charge in [-0.3, -0.25) is 0 Å². The first kappa shape index (κ1) is 17.9. The molecule has 2 aromatic carbocycles. The standard InChI is InChI=1S/C15H15Cl2NO4S/c1-21-12-5-3-10(14(8-12)22-2)9-18-23(19,20)15-7-11(16)4-6-13(15)17/h3-8,18H,9H2,1-2H3. The van der Waals surface area contributed by atoms with Gasteiger partial charge in [0.1, 0.15) is 16.4 Å². The highest BCUT2D eigenvalue weighted by Gasteiger charge is 2.19. The van der Waals surface area contributed by atoms with Crippen molar-refractivity contribution in [3.8, 4) is 11.5 Å². The lowest BCUT2D eigenvalue weighted by Gasteiger charge is -2.12. The van der Waals surface area contributed by atoms with E-state index in [0.29, 0.717) is 17.1 Å². The summed E-state index contributed by atoms with van der Waals surface area (Å²) in [4.78, 5) is -0.0702. The highest BCUT2D eigenvalue weighted by atomic mass is 35.5. The topological polar surface area (TPSA) is 64.6 Å². The highest BCUT2D eigenvalue weighted by molar-refractivity contribution is 7.89. The molecule has 0 saturated heterocycles. The van der Waals surface area contributed by atoms with E-state index in [-0.39, 0.29) is 21.5 Å². The van der Waals surface area contributed by atoms with Gasteiger partial charge in [-0.1, -0.05) is 29.3 Å². The van der Waals surface area contributed by atoms with Gasteiger partial charge in [0, 0.05) is 23.2 Å². The summed E-state index contributed by atoms with van der Waals surface area (Å²) < 4.78 is 37.6. The largest absolute Gasteiger partial charge is 0.497 e. The van der Waals surface area contributed by atoms with Crippen LogP contribution in [-0.4, -0.2) is 22.6 Å². The molecule has 0 heterocycles. The van der Waals surface area contributed by atoms with Crippen molar-refractivity contribution in [1.29, 1.82) is 0 Å². The van der Waals surface area contributed by atoms with Gasteiger partial charge in [0.25, 0.3) is 0 Å². The Hall–Kier alpha value is -1.47. The lowest BCUT2D eigenvalue weighted by molar-refractivity contribution is 0.390. The monoisotopic (exact) mass is 375 g/mol. The smallest absolute Gasteiger partial charge is 0.242 e. The summed E-state index contributed by atoms with van der Waals surface area (Å²) in [6.07, 6.45) is 0. The van der Waals surface area contributed by atoms with E-state index in [1.165, 1.54) is 32.4 Å². The summed E-state index contributed by atoms with van der Waals surface area (Å²) in [6.45, 7) is 0.0400. The predicted molar refractivity (Wildman–Crippen MR) is 90.0 cm³/mol. The van der Waals surface area contributed by atoms with Gasteiger partial charge in [-0.25, -0.2) is 13.1 Å². The van der Waals surface area contributed by atoms with Crippen LogP contribution in [0.1, 0.15) is 5.56 Å². The van der Waals surface area contributed by atoms with E-state index in [0.717, 1.165) is 0 Å². The normalized spacial score (nSPS) is 11.3. The Balaban J connectivity index is 2.24. The molecule has 8 heteroatoms. The summed E-state index contributed by atoms with van der Waals surface area (Å²) in [5.74, 6) is 1.13. The van der Waals surface area contributed by atoms with E-state index in [4.69, 9.17) is 32.7 Å². The zero-order valence-electron chi connectivity index (χ0n) is 12.5. The Kier molecular flexibility index (Phi) is 5.75. The van der Waals surface area contributed by atoms with Crippen molar-refractivity contribution in [1.82, 2.24) is 4.72 Å². The van der Waals surface area contributed by atoms with Crippen molar-refractivity contribution in [3.05, 3.63) is 52.0 Å². The maximum atomic E-state index is 12.4. The molecule has 0 aliphatic carbocycles. The number of hydrogen-bond donors (Lipinski definition) is 1. The number of ether oxygens (including phenoxy) is 2. The zero-order chi connectivity index (χ0) is 17.0. The Morgan fingerprint density at radius 3 is 2.43 bits per heavy atom. The molecule has 2 aromatic rings. The molecular formula is C15H15Cl2NO4S. The first-order chi connectivity index (χ1) is 10.9. The molecule has 0 bridgehead atoms. The zero-order valence-corrected chi connectivity index (χ0v) is 14.8. The third-order valence-electron chi connectivity index (χ3n) is 3.13. The SMILES string of the molecule is COc1ccc(CNS(=O)(=O)c2cc(Cl)ccc2Cl)c(OC)c1. The Morgan fingerprint density at radius 1 is 1.04 bits per heavy atom. The summed E-state index contributed by atoms with van der Waals surface area (Å²) in [5, 5.41) is 0.389. The highest BCUT2D eigenvalue weighted by Crippen LogP contribution is 2.27. The van der Waals surface area contributed by atoms with Gasteiger partial charge in [0.2, 0.25) is 10.0 Å². The maximum Gasteiger partial charge on any atom is 0.242 e. The summed E-state index contributed by atoms with van der Waals surface area (Å²) in [6, 6.07) is 9.38. The molecule has 0 unspecified atom stereocenters. The van der Waals surface area contributed by atoms with Crippen molar-refractivity contribution in [2.24, 2.45) is 0 Å². The number of methoxy groups -OCH3 is 2. The van der Waals surface area contributed by atoms with Gasteiger partial charge in [0.05, 0.1) is 19.2 Å². The van der Waals surface area contributed by atoms with E-state index in [2.05, 4.69) is 4.72 Å². The van der Waals surface area contributed by atoms with Crippen LogP contribution in [0.3, 0.4) is 0 Å². The fourth-order valence-corrected chi connectivity index (χ4v) is 3.70. The molecule has 0 aliphatic rings. The van der Waals surface area contributed by atoms with Gasteiger partial charge in [-0.15, -0.1) is 0 Å². The average Bonchev–Trinajstić information content (AvgIpc) is 2.54. The third kappa shape index (κ3) is 4.29. The molecule has 124 valence electrons. The van der Waals surface area contributed by atoms with E-state index in [1.54, 1.807) is 18.2 Å². The molecule has 0 fully saturated rings. The van der Waals surface area contributed by atoms with Crippen LogP contribution in [0.5, 0.6) is 11.5 Å². The van der Waals surface area contributed by atoms with E-state index in [1.807, 2.05) is 0 Å². The molecule has 1 N–H and O–H groups in total. The second kappa shape index (κ2) is 7.40. The molecule has 23 heavy (non-hydrogen) atoms. The van der Waals surface area contributed by atoms with E-state index < -0.39 is 10.0 Å². The number of rotatable bonds is 6. The van der Waals surface area contributed by atoms with E-state index >= 15 is 0 Å². The van der Waals surface area contributed by atoms with Crippen molar-refractivity contribution in [2.75, 3.05) is 14.2 Å². The number of sulfonamides is 1. The van der Waals surface area contributed by atoms with Crippen LogP contribution in [-0.2, 0) is 16.6 Å². The molecular weight excluding hydrogens is 361 g/mol. The molecule has 5 nitrogen and oxygen atoms in total. The Bertz CT molecular complexity index is 809. The number of benzene rings is 2. The Labute approximate surface area is 145 Å². The van der Waals surface area contributed by atoms with Crippen molar-refractivity contribution >= 4 is 33.2 Å². The minimum absolute atomic E-state index is 0.0400. The lowest BCUT2D eigenvalue weighted by atomic mass is 10.2. The predicted octanol–water partition coefficient (Wildman–Crippen LogP) is 3.49. The molecule has 0 spiro atoms. The van der Waals surface area contributed by atoms with Crippen molar-refractivity contribution in [2.45, 2.75) is 11.4 Å². The second-order valence-corrected chi connectivity index (χ2v) is 7.16. The fraction of sp³-hybridized carbons (Fsp3) is 0.200. The molecule has 0 aliphatic heterocycles. The molecule has 0 radical (unpaired) electrons. The first-order valence-corrected chi connectivity index (χ1v) is 8.77. The molecule has 0 atom stereocenters. The fourth-order valence-electron chi connectivity index (χ4n) is 1.93. The van der Waals surface area contributed by atoms with E-state index in [9.17, 15) is 8.42 Å². The van der Waals surface area contributed by atoms with Crippen LogP contribution in [0.4, 0.5) is 0 Å². The molecule has 2 rings (SSSR count). The van der Waals surface area contributed by atoms with Crippen molar-refractivity contribution < 1.29 is 17.9 Å². The van der Waals surface area contributed by atoms with Crippen molar-refractivity contribution in [3.63, 3.8) is 0 Å². The summed E-state index contributed by atoms with van der Waals surface area (Å²) in [5.41, 5.74) is 0.662. The lowest BCUT2D eigenvalue weighted by Crippen LogP contribution is -2.23. The Morgan fingerprint density at radius 2 is 1.78 bits per heavy atom. The molecule has 0 saturated carbocycles. The summed E-state index contributed by atoms with van der Waals surface area (Å²) in [7, 11) is -0.765. The number of nitrogens with one attached hydrogen (secondary N) is 1. The first-order valence-electron chi connectivity index (χ1n) is 6.53. The van der Waals surface area contributed by atoms with Gasteiger partial charge < -0.3 is 9.47 Å². The van der Waals surface area contributed by atoms with Crippen LogP contribution < -0.4 is 14.2 Å². The van der Waals surface area contributed by atoms with Crippen LogP contribution in [0.2, 0.25) is 10.0 Å². The summed E-state index contributed by atoms with van der Waals surface area (Å²) >= 11 is 11.8. The van der Waals surface area contributed by atoms with Crippen LogP contribution in [0, 0.1) is 0 Å². The minimum atomic E-state index is -3.81. The van der Waals surface area contributed by atoms with Gasteiger partial charge in [0.15, 0.2) is 0 Å². The average molecular weight is 376 g/mol. The van der Waals surface area contributed by atoms with Gasteiger partial charge in [-0.2, -0.15) is 0 Å². The maximum absolute atomic E-state index is 12.4. The third-order valence-corrected chi connectivity index (χ3v) is 5.25. The minimum Gasteiger partial charge on any atom is -0.497 e. The van der Waals surface area contributed by atoms with Crippen LogP contribution in [0.15, 0.2) is 41.3 Å². The quantitative estimate of drug-likeness (QED) is 0.838. The molecule has 0 amide bonds. The van der Waals surface area contributed by atoms with Gasteiger partial charge >= 0.3 is 0 Å². The van der Waals surface area contributed by atoms with Gasteiger partial charge in [-0.05, 0) is 24.3 Å². The van der Waals surface area contributed by atoms with Crippen LogP contribution >= 0.6 is 23.2 Å². The molecule has 0 aromatic heterocycles.